The molecule has 106 valence electrons. The number of amides is 2. The molecule has 0 saturated carbocycles. The summed E-state index contributed by atoms with van der Waals surface area (Å²) in [6.07, 6.45) is 3.84. The van der Waals surface area contributed by atoms with Crippen molar-refractivity contribution in [2.24, 2.45) is 5.73 Å². The zero-order valence-corrected chi connectivity index (χ0v) is 11.4. The van der Waals surface area contributed by atoms with Crippen molar-refractivity contribution in [3.63, 3.8) is 0 Å². The smallest absolute Gasteiger partial charge is 0.243 e. The molecule has 1 aliphatic heterocycles. The van der Waals surface area contributed by atoms with Crippen molar-refractivity contribution in [1.82, 2.24) is 10.6 Å². The molecule has 3 atom stereocenters. The van der Waals surface area contributed by atoms with Gasteiger partial charge in [0, 0.05) is 12.5 Å². The number of nitrogens with one attached hydrogen (secondary N) is 2. The Hall–Kier alpha value is -2.14. The molecule has 4 N–H and O–H groups in total. The Morgan fingerprint density at radius 2 is 2.10 bits per heavy atom. The number of benzene rings is 1. The van der Waals surface area contributed by atoms with Crippen LogP contribution in [0.1, 0.15) is 18.4 Å². The Labute approximate surface area is 118 Å². The van der Waals surface area contributed by atoms with Gasteiger partial charge in [-0.2, -0.15) is 0 Å². The zero-order chi connectivity index (χ0) is 14.5. The Morgan fingerprint density at radius 1 is 1.40 bits per heavy atom. The topological polar surface area (TPSA) is 84.2 Å². The van der Waals surface area contributed by atoms with Crippen molar-refractivity contribution in [3.8, 4) is 0 Å². The zero-order valence-electron chi connectivity index (χ0n) is 11.4. The summed E-state index contributed by atoms with van der Waals surface area (Å²) in [5.41, 5.74) is 6.54. The largest absolute Gasteiger partial charge is 0.351 e. The first-order valence-electron chi connectivity index (χ1n) is 6.65. The Balaban J connectivity index is 2.28. The van der Waals surface area contributed by atoms with Crippen molar-refractivity contribution in [1.29, 1.82) is 0 Å². The van der Waals surface area contributed by atoms with Gasteiger partial charge in [0.2, 0.25) is 11.8 Å². The van der Waals surface area contributed by atoms with E-state index < -0.39 is 12.1 Å². The van der Waals surface area contributed by atoms with Gasteiger partial charge < -0.3 is 16.4 Å². The van der Waals surface area contributed by atoms with E-state index in [1.807, 2.05) is 42.5 Å². The molecule has 1 aromatic carbocycles. The molecule has 0 unspecified atom stereocenters. The SMILES string of the molecule is C[C@H](N)C(=O)N[C@@H]1C(=O)NCC=C[C@H]1c1ccccc1. The molecule has 0 bridgehead atoms. The second kappa shape index (κ2) is 6.34. The van der Waals surface area contributed by atoms with E-state index in [0.29, 0.717) is 6.54 Å². The average molecular weight is 273 g/mol. The van der Waals surface area contributed by atoms with Gasteiger partial charge in [0.15, 0.2) is 0 Å². The van der Waals surface area contributed by atoms with Crippen molar-refractivity contribution in [2.75, 3.05) is 6.54 Å². The Morgan fingerprint density at radius 3 is 2.75 bits per heavy atom. The second-order valence-electron chi connectivity index (χ2n) is 4.88. The van der Waals surface area contributed by atoms with Crippen molar-refractivity contribution >= 4 is 11.8 Å². The lowest BCUT2D eigenvalue weighted by molar-refractivity contribution is -0.129. The minimum Gasteiger partial charge on any atom is -0.351 e. The molecule has 2 rings (SSSR count). The van der Waals surface area contributed by atoms with Gasteiger partial charge in [0.1, 0.15) is 6.04 Å². The average Bonchev–Trinajstić information content (AvgIpc) is 2.62. The first-order chi connectivity index (χ1) is 9.59. The van der Waals surface area contributed by atoms with Gasteiger partial charge in [-0.3, -0.25) is 9.59 Å². The fourth-order valence-corrected chi connectivity index (χ4v) is 2.18. The van der Waals surface area contributed by atoms with Gasteiger partial charge in [-0.25, -0.2) is 0 Å². The lowest BCUT2D eigenvalue weighted by Gasteiger charge is -2.24. The fraction of sp³-hybridized carbons (Fsp3) is 0.333. The molecular weight excluding hydrogens is 254 g/mol. The maximum Gasteiger partial charge on any atom is 0.243 e. The molecule has 1 heterocycles. The molecule has 0 spiro atoms. The molecule has 5 nitrogen and oxygen atoms in total. The molecule has 0 fully saturated rings. The van der Waals surface area contributed by atoms with Gasteiger partial charge in [-0.05, 0) is 12.5 Å². The van der Waals surface area contributed by atoms with Crippen LogP contribution in [0.25, 0.3) is 0 Å². The van der Waals surface area contributed by atoms with Crippen LogP contribution >= 0.6 is 0 Å². The summed E-state index contributed by atoms with van der Waals surface area (Å²) in [6, 6.07) is 8.34. The van der Waals surface area contributed by atoms with Crippen LogP contribution < -0.4 is 16.4 Å². The van der Waals surface area contributed by atoms with E-state index in [4.69, 9.17) is 5.73 Å². The first kappa shape index (κ1) is 14.3. The van der Waals surface area contributed by atoms with E-state index in [-0.39, 0.29) is 17.7 Å². The van der Waals surface area contributed by atoms with Gasteiger partial charge >= 0.3 is 0 Å². The molecule has 1 aliphatic rings. The van der Waals surface area contributed by atoms with E-state index in [0.717, 1.165) is 5.56 Å². The Kier molecular flexibility index (Phi) is 4.53. The summed E-state index contributed by atoms with van der Waals surface area (Å²) in [5.74, 6) is -0.722. The third kappa shape index (κ3) is 3.24. The van der Waals surface area contributed by atoms with Crippen molar-refractivity contribution < 1.29 is 9.59 Å². The maximum atomic E-state index is 12.1. The fourth-order valence-electron chi connectivity index (χ4n) is 2.18. The van der Waals surface area contributed by atoms with E-state index in [2.05, 4.69) is 10.6 Å². The highest BCUT2D eigenvalue weighted by Gasteiger charge is 2.31. The van der Waals surface area contributed by atoms with Crippen LogP contribution in [0.3, 0.4) is 0 Å². The van der Waals surface area contributed by atoms with Crippen LogP contribution in [0.15, 0.2) is 42.5 Å². The minimum atomic E-state index is -0.647. The van der Waals surface area contributed by atoms with Crippen LogP contribution in [0.5, 0.6) is 0 Å². The normalized spacial score (nSPS) is 23.6. The summed E-state index contributed by atoms with van der Waals surface area (Å²) in [4.78, 5) is 24.0. The van der Waals surface area contributed by atoms with Gasteiger partial charge in [0.05, 0.1) is 6.04 Å². The number of hydrogen-bond donors (Lipinski definition) is 3. The molecule has 0 aromatic heterocycles. The molecule has 1 aromatic rings. The molecule has 2 amide bonds. The predicted octanol–water partition coefficient (Wildman–Crippen LogP) is 0.288. The van der Waals surface area contributed by atoms with Crippen LogP contribution in [0.2, 0.25) is 0 Å². The summed E-state index contributed by atoms with van der Waals surface area (Å²) >= 11 is 0. The second-order valence-corrected chi connectivity index (χ2v) is 4.88. The Bertz CT molecular complexity index is 511. The van der Waals surface area contributed by atoms with Crippen molar-refractivity contribution in [3.05, 3.63) is 48.0 Å². The summed E-state index contributed by atoms with van der Waals surface area (Å²) in [5, 5.41) is 5.49. The summed E-state index contributed by atoms with van der Waals surface area (Å²) < 4.78 is 0. The maximum absolute atomic E-state index is 12.1. The van der Waals surface area contributed by atoms with Crippen LogP contribution in [0.4, 0.5) is 0 Å². The van der Waals surface area contributed by atoms with E-state index in [1.165, 1.54) is 0 Å². The van der Waals surface area contributed by atoms with Crippen LogP contribution in [-0.2, 0) is 9.59 Å². The summed E-state index contributed by atoms with van der Waals surface area (Å²) in [6.45, 7) is 2.06. The quantitative estimate of drug-likeness (QED) is 0.692. The highest BCUT2D eigenvalue weighted by atomic mass is 16.2. The van der Waals surface area contributed by atoms with Crippen molar-refractivity contribution in [2.45, 2.75) is 24.9 Å². The lowest BCUT2D eigenvalue weighted by atomic mass is 9.90. The van der Waals surface area contributed by atoms with Gasteiger partial charge in [-0.1, -0.05) is 42.5 Å². The third-order valence-corrected chi connectivity index (χ3v) is 3.27. The standard InChI is InChI=1S/C15H19N3O2/c1-10(16)14(19)18-13-12(8-5-9-17-15(13)20)11-6-3-2-4-7-11/h2-8,10,12-13H,9,16H2,1H3,(H,17,20)(H,18,19)/t10-,12-,13-/m0/s1. The monoisotopic (exact) mass is 273 g/mol. The first-order valence-corrected chi connectivity index (χ1v) is 6.65. The number of nitrogens with two attached hydrogens (primary N) is 1. The minimum absolute atomic E-state index is 0.193. The highest BCUT2D eigenvalue weighted by molar-refractivity contribution is 5.90. The van der Waals surface area contributed by atoms with Crippen LogP contribution in [0, 0.1) is 0 Å². The molecule has 0 saturated heterocycles. The van der Waals surface area contributed by atoms with E-state index in [9.17, 15) is 9.59 Å². The number of carbonyl (C=O) groups excluding carboxylic acids is 2. The third-order valence-electron chi connectivity index (χ3n) is 3.27. The molecule has 20 heavy (non-hydrogen) atoms. The summed E-state index contributed by atoms with van der Waals surface area (Å²) in [7, 11) is 0. The molecule has 5 heteroatoms. The predicted molar refractivity (Wildman–Crippen MR) is 76.9 cm³/mol. The number of rotatable bonds is 3. The van der Waals surface area contributed by atoms with Crippen LogP contribution in [-0.4, -0.2) is 30.4 Å². The number of hydrogen-bond acceptors (Lipinski definition) is 3. The van der Waals surface area contributed by atoms with E-state index in [1.54, 1.807) is 6.92 Å². The van der Waals surface area contributed by atoms with E-state index >= 15 is 0 Å². The number of carbonyl (C=O) groups is 2. The molecule has 0 radical (unpaired) electrons. The lowest BCUT2D eigenvalue weighted by Crippen LogP contribution is -2.52. The highest BCUT2D eigenvalue weighted by Crippen LogP contribution is 2.23. The van der Waals surface area contributed by atoms with Gasteiger partial charge in [-0.15, -0.1) is 0 Å². The van der Waals surface area contributed by atoms with Gasteiger partial charge in [0.25, 0.3) is 0 Å². The molecule has 0 aliphatic carbocycles. The molecular formula is C15H19N3O2.